The van der Waals surface area contributed by atoms with E-state index in [2.05, 4.69) is 43.1 Å². The Morgan fingerprint density at radius 1 is 1.26 bits per heavy atom. The van der Waals surface area contributed by atoms with Crippen LogP contribution in [0, 0.1) is 0 Å². The van der Waals surface area contributed by atoms with Crippen LogP contribution in [0.4, 0.5) is 0 Å². The van der Waals surface area contributed by atoms with E-state index in [9.17, 15) is 0 Å². The lowest BCUT2D eigenvalue weighted by molar-refractivity contribution is 0.289. The molecule has 1 aromatic carbocycles. The minimum Gasteiger partial charge on any atom is -0.496 e. The molecular formula is C16H26N2O. The summed E-state index contributed by atoms with van der Waals surface area (Å²) in [5, 5.41) is 3.51. The molecule has 0 fully saturated rings. The first kappa shape index (κ1) is 14.4. The number of benzene rings is 1. The maximum Gasteiger partial charge on any atom is 0.123 e. The number of nitrogens with zero attached hydrogens (tertiary/aromatic N) is 1. The number of methoxy groups -OCH3 is 1. The average Bonchev–Trinajstić information content (AvgIpc) is 2.43. The Balaban J connectivity index is 2.28. The third-order valence-electron chi connectivity index (χ3n) is 4.06. The molecule has 0 aliphatic carbocycles. The molecule has 0 aromatic heterocycles. The van der Waals surface area contributed by atoms with Crippen LogP contribution < -0.4 is 10.1 Å². The second-order valence-electron chi connectivity index (χ2n) is 5.38. The molecule has 1 aliphatic rings. The van der Waals surface area contributed by atoms with Gasteiger partial charge in [-0.05, 0) is 43.6 Å². The summed E-state index contributed by atoms with van der Waals surface area (Å²) in [6.07, 6.45) is 1.12. The van der Waals surface area contributed by atoms with Crippen LogP contribution in [0.5, 0.6) is 5.75 Å². The highest BCUT2D eigenvalue weighted by Gasteiger charge is 2.18. The molecule has 1 aliphatic heterocycles. The summed E-state index contributed by atoms with van der Waals surface area (Å²) >= 11 is 0. The van der Waals surface area contributed by atoms with Gasteiger partial charge < -0.3 is 10.1 Å². The van der Waals surface area contributed by atoms with Crippen LogP contribution in [-0.4, -0.2) is 31.1 Å². The molecule has 1 unspecified atom stereocenters. The van der Waals surface area contributed by atoms with Gasteiger partial charge in [0.1, 0.15) is 5.75 Å². The smallest absolute Gasteiger partial charge is 0.123 e. The van der Waals surface area contributed by atoms with Crippen molar-refractivity contribution in [3.8, 4) is 5.75 Å². The molecule has 0 radical (unpaired) electrons. The van der Waals surface area contributed by atoms with Crippen molar-refractivity contribution in [2.45, 2.75) is 46.3 Å². The Morgan fingerprint density at radius 2 is 2.00 bits per heavy atom. The first-order valence-electron chi connectivity index (χ1n) is 7.32. The molecule has 0 saturated heterocycles. The van der Waals surface area contributed by atoms with Crippen LogP contribution >= 0.6 is 0 Å². The lowest BCUT2D eigenvalue weighted by atomic mass is 9.94. The Labute approximate surface area is 116 Å². The Hall–Kier alpha value is -1.06. The highest BCUT2D eigenvalue weighted by Crippen LogP contribution is 2.28. The van der Waals surface area contributed by atoms with E-state index < -0.39 is 0 Å². The van der Waals surface area contributed by atoms with E-state index in [1.807, 2.05) is 0 Å². The number of ether oxygens (including phenoxy) is 1. The summed E-state index contributed by atoms with van der Waals surface area (Å²) in [7, 11) is 1.77. The van der Waals surface area contributed by atoms with Crippen LogP contribution in [0.2, 0.25) is 0 Å². The van der Waals surface area contributed by atoms with Crippen LogP contribution in [0.3, 0.4) is 0 Å². The fraction of sp³-hybridized carbons (Fsp3) is 0.625. The quantitative estimate of drug-likeness (QED) is 0.882. The van der Waals surface area contributed by atoms with Crippen LogP contribution in [0.15, 0.2) is 12.1 Å². The Morgan fingerprint density at radius 3 is 2.63 bits per heavy atom. The van der Waals surface area contributed by atoms with Crippen molar-refractivity contribution >= 4 is 0 Å². The van der Waals surface area contributed by atoms with Crippen molar-refractivity contribution in [1.82, 2.24) is 10.2 Å². The fourth-order valence-electron chi connectivity index (χ4n) is 2.76. The van der Waals surface area contributed by atoms with Crippen LogP contribution in [-0.2, 0) is 19.5 Å². The second-order valence-corrected chi connectivity index (χ2v) is 5.38. The average molecular weight is 262 g/mol. The molecule has 1 aromatic rings. The van der Waals surface area contributed by atoms with Crippen molar-refractivity contribution in [3.63, 3.8) is 0 Å². The van der Waals surface area contributed by atoms with Gasteiger partial charge >= 0.3 is 0 Å². The maximum atomic E-state index is 5.57. The molecule has 1 atom stereocenters. The van der Waals surface area contributed by atoms with E-state index in [-0.39, 0.29) is 0 Å². The van der Waals surface area contributed by atoms with Gasteiger partial charge in [-0.3, -0.25) is 4.90 Å². The predicted molar refractivity (Wildman–Crippen MR) is 79.6 cm³/mol. The molecule has 106 valence electrons. The van der Waals surface area contributed by atoms with Crippen molar-refractivity contribution in [3.05, 3.63) is 28.8 Å². The zero-order valence-corrected chi connectivity index (χ0v) is 12.6. The SMILES string of the molecule is CCN(CC)Cc1cc2c(cc1OC)CNC(C)C2. The van der Waals surface area contributed by atoms with E-state index in [0.717, 1.165) is 38.3 Å². The molecule has 0 bridgehead atoms. The molecular weight excluding hydrogens is 236 g/mol. The van der Waals surface area contributed by atoms with Gasteiger partial charge in [-0.1, -0.05) is 19.9 Å². The van der Waals surface area contributed by atoms with Crippen molar-refractivity contribution in [2.75, 3.05) is 20.2 Å². The molecule has 1 heterocycles. The van der Waals surface area contributed by atoms with Crippen LogP contribution in [0.1, 0.15) is 37.5 Å². The van der Waals surface area contributed by atoms with Gasteiger partial charge in [-0.15, -0.1) is 0 Å². The fourth-order valence-corrected chi connectivity index (χ4v) is 2.76. The summed E-state index contributed by atoms with van der Waals surface area (Å²) in [6.45, 7) is 10.8. The van der Waals surface area contributed by atoms with Gasteiger partial charge in [0, 0.05) is 24.7 Å². The largest absolute Gasteiger partial charge is 0.496 e. The first-order chi connectivity index (χ1) is 9.17. The topological polar surface area (TPSA) is 24.5 Å². The van der Waals surface area contributed by atoms with E-state index in [4.69, 9.17) is 4.74 Å². The summed E-state index contributed by atoms with van der Waals surface area (Å²) in [4.78, 5) is 2.43. The van der Waals surface area contributed by atoms with Crippen molar-refractivity contribution in [2.24, 2.45) is 0 Å². The van der Waals surface area contributed by atoms with E-state index in [0.29, 0.717) is 6.04 Å². The Bertz CT molecular complexity index is 427. The number of nitrogens with one attached hydrogen (secondary N) is 1. The summed E-state index contributed by atoms with van der Waals surface area (Å²) in [6, 6.07) is 5.14. The van der Waals surface area contributed by atoms with Gasteiger partial charge in [0.15, 0.2) is 0 Å². The third kappa shape index (κ3) is 3.28. The zero-order chi connectivity index (χ0) is 13.8. The number of fused-ring (bicyclic) bond motifs is 1. The number of hydrogen-bond acceptors (Lipinski definition) is 3. The first-order valence-corrected chi connectivity index (χ1v) is 7.32. The standard InChI is InChI=1S/C16H26N2O/c1-5-18(6-2)11-15-8-13-7-12(3)17-10-14(13)9-16(15)19-4/h8-9,12,17H,5-7,10-11H2,1-4H3. The van der Waals surface area contributed by atoms with Crippen molar-refractivity contribution < 1.29 is 4.74 Å². The predicted octanol–water partition coefficient (Wildman–Crippen LogP) is 2.57. The molecule has 1 N–H and O–H groups in total. The van der Waals surface area contributed by atoms with Gasteiger partial charge in [-0.2, -0.15) is 0 Å². The number of rotatable bonds is 5. The van der Waals surface area contributed by atoms with Gasteiger partial charge in [0.05, 0.1) is 7.11 Å². The Kier molecular flexibility index (Phi) is 4.83. The maximum absolute atomic E-state index is 5.57. The van der Waals surface area contributed by atoms with E-state index >= 15 is 0 Å². The normalized spacial score (nSPS) is 18.5. The monoisotopic (exact) mass is 262 g/mol. The lowest BCUT2D eigenvalue weighted by Gasteiger charge is -2.26. The summed E-state index contributed by atoms with van der Waals surface area (Å²) in [5.74, 6) is 1.03. The highest BCUT2D eigenvalue weighted by molar-refractivity contribution is 5.44. The molecule has 0 saturated carbocycles. The van der Waals surface area contributed by atoms with E-state index in [1.54, 1.807) is 7.11 Å². The number of hydrogen-bond donors (Lipinski definition) is 1. The molecule has 3 heteroatoms. The van der Waals surface area contributed by atoms with Gasteiger partial charge in [-0.25, -0.2) is 0 Å². The van der Waals surface area contributed by atoms with E-state index in [1.165, 1.54) is 16.7 Å². The zero-order valence-electron chi connectivity index (χ0n) is 12.6. The molecule has 0 spiro atoms. The molecule has 2 rings (SSSR count). The highest BCUT2D eigenvalue weighted by atomic mass is 16.5. The van der Waals surface area contributed by atoms with Gasteiger partial charge in [0.25, 0.3) is 0 Å². The molecule has 19 heavy (non-hydrogen) atoms. The summed E-state index contributed by atoms with van der Waals surface area (Å²) in [5.41, 5.74) is 4.19. The minimum absolute atomic E-state index is 0.571. The second kappa shape index (κ2) is 6.40. The molecule has 0 amide bonds. The summed E-state index contributed by atoms with van der Waals surface area (Å²) < 4.78 is 5.57. The molecule has 3 nitrogen and oxygen atoms in total. The van der Waals surface area contributed by atoms with Crippen molar-refractivity contribution in [1.29, 1.82) is 0 Å². The minimum atomic E-state index is 0.571. The van der Waals surface area contributed by atoms with Crippen LogP contribution in [0.25, 0.3) is 0 Å². The third-order valence-corrected chi connectivity index (χ3v) is 4.06. The van der Waals surface area contributed by atoms with Gasteiger partial charge in [0.2, 0.25) is 0 Å². The lowest BCUT2D eigenvalue weighted by Crippen LogP contribution is -2.33.